The van der Waals surface area contributed by atoms with E-state index in [4.69, 9.17) is 41.4 Å². The van der Waals surface area contributed by atoms with E-state index in [1.807, 2.05) is 6.92 Å². The molecule has 0 aliphatic heterocycles. The average Bonchev–Trinajstić information content (AvgIpc) is 2.13. The Balaban J connectivity index is 3.50. The molecule has 0 atom stereocenters. The van der Waals surface area contributed by atoms with Gasteiger partial charge in [0.25, 0.3) is 0 Å². The molecule has 0 bridgehead atoms. The van der Waals surface area contributed by atoms with E-state index in [2.05, 4.69) is 4.85 Å². The molecule has 0 radical (unpaired) electrons. The Kier molecular flexibility index (Phi) is 3.44. The van der Waals surface area contributed by atoms with Gasteiger partial charge in [-0.2, -0.15) is 0 Å². The SMILES string of the molecule is [C-]#[N+]c1cc(Cl)c(Cl)c(Cl)c1CC. The summed E-state index contributed by atoms with van der Waals surface area (Å²) in [5, 5.41) is 1.05. The van der Waals surface area contributed by atoms with E-state index in [0.29, 0.717) is 27.2 Å². The Hall–Kier alpha value is -0.420. The van der Waals surface area contributed by atoms with Gasteiger partial charge in [0, 0.05) is 0 Å². The summed E-state index contributed by atoms with van der Waals surface area (Å²) in [6.07, 6.45) is 0.674. The number of nitrogens with zero attached hydrogens (tertiary/aromatic N) is 1. The van der Waals surface area contributed by atoms with E-state index in [-0.39, 0.29) is 0 Å². The molecule has 0 amide bonds. The molecular weight excluding hydrogens is 228 g/mol. The summed E-state index contributed by atoms with van der Waals surface area (Å²) in [5.41, 5.74) is 1.23. The van der Waals surface area contributed by atoms with Crippen molar-refractivity contribution in [1.82, 2.24) is 0 Å². The molecule has 0 aliphatic rings. The lowest BCUT2D eigenvalue weighted by Crippen LogP contribution is -1.84. The Morgan fingerprint density at radius 1 is 1.31 bits per heavy atom. The molecule has 1 aromatic carbocycles. The van der Waals surface area contributed by atoms with Gasteiger partial charge in [0.05, 0.1) is 21.6 Å². The van der Waals surface area contributed by atoms with Crippen LogP contribution in [0.3, 0.4) is 0 Å². The van der Waals surface area contributed by atoms with Crippen LogP contribution in [0.15, 0.2) is 6.07 Å². The largest absolute Gasteiger partial charge is 0.238 e. The van der Waals surface area contributed by atoms with Crippen molar-refractivity contribution in [3.8, 4) is 0 Å². The maximum atomic E-state index is 6.92. The van der Waals surface area contributed by atoms with Gasteiger partial charge in [-0.3, -0.25) is 0 Å². The number of rotatable bonds is 1. The minimum atomic E-state index is 0.326. The minimum Gasteiger partial charge on any atom is -0.238 e. The van der Waals surface area contributed by atoms with Crippen molar-refractivity contribution < 1.29 is 0 Å². The van der Waals surface area contributed by atoms with Gasteiger partial charge < -0.3 is 0 Å². The van der Waals surface area contributed by atoms with Crippen molar-refractivity contribution >= 4 is 40.5 Å². The van der Waals surface area contributed by atoms with E-state index in [9.17, 15) is 0 Å². The van der Waals surface area contributed by atoms with Gasteiger partial charge in [-0.05, 0) is 18.1 Å². The fourth-order valence-electron chi connectivity index (χ4n) is 1.06. The summed E-state index contributed by atoms with van der Waals surface area (Å²) in [7, 11) is 0. The van der Waals surface area contributed by atoms with Crippen molar-refractivity contribution in [2.45, 2.75) is 13.3 Å². The lowest BCUT2D eigenvalue weighted by atomic mass is 10.1. The second kappa shape index (κ2) is 4.19. The van der Waals surface area contributed by atoms with Crippen molar-refractivity contribution in [1.29, 1.82) is 0 Å². The molecule has 13 heavy (non-hydrogen) atoms. The molecule has 0 aliphatic carbocycles. The molecule has 0 aromatic heterocycles. The zero-order chi connectivity index (χ0) is 10.0. The second-order valence-electron chi connectivity index (χ2n) is 2.45. The maximum Gasteiger partial charge on any atom is 0.193 e. The average molecular weight is 235 g/mol. The Morgan fingerprint density at radius 2 is 1.92 bits per heavy atom. The fraction of sp³-hybridized carbons (Fsp3) is 0.222. The zero-order valence-electron chi connectivity index (χ0n) is 6.87. The summed E-state index contributed by atoms with van der Waals surface area (Å²) in [6, 6.07) is 1.54. The van der Waals surface area contributed by atoms with Gasteiger partial charge in [0.2, 0.25) is 0 Å². The molecule has 1 aromatic rings. The van der Waals surface area contributed by atoms with Crippen molar-refractivity contribution in [2.24, 2.45) is 0 Å². The van der Waals surface area contributed by atoms with Crippen LogP contribution >= 0.6 is 34.8 Å². The topological polar surface area (TPSA) is 4.36 Å². The first-order valence-corrected chi connectivity index (χ1v) is 4.79. The molecule has 1 rings (SSSR count). The fourth-order valence-corrected chi connectivity index (χ4v) is 1.80. The third kappa shape index (κ3) is 1.91. The smallest absolute Gasteiger partial charge is 0.193 e. The number of halogens is 3. The molecular formula is C9H6Cl3N. The highest BCUT2D eigenvalue weighted by Crippen LogP contribution is 2.39. The quantitative estimate of drug-likeness (QED) is 0.487. The number of hydrogen-bond acceptors (Lipinski definition) is 0. The van der Waals surface area contributed by atoms with Gasteiger partial charge in [0.1, 0.15) is 0 Å². The van der Waals surface area contributed by atoms with Crippen LogP contribution in [0.5, 0.6) is 0 Å². The highest BCUT2D eigenvalue weighted by molar-refractivity contribution is 6.48. The highest BCUT2D eigenvalue weighted by atomic mass is 35.5. The summed E-state index contributed by atoms with van der Waals surface area (Å²) in [6.45, 7) is 8.83. The summed E-state index contributed by atoms with van der Waals surface area (Å²) in [4.78, 5) is 3.33. The first-order valence-electron chi connectivity index (χ1n) is 3.65. The number of benzene rings is 1. The Labute approximate surface area is 92.0 Å². The van der Waals surface area contributed by atoms with Gasteiger partial charge >= 0.3 is 0 Å². The summed E-state index contributed by atoms with van der Waals surface area (Å²) < 4.78 is 0. The van der Waals surface area contributed by atoms with Crippen LogP contribution in [0, 0.1) is 6.57 Å². The highest BCUT2D eigenvalue weighted by Gasteiger charge is 2.12. The van der Waals surface area contributed by atoms with Gasteiger partial charge in [-0.25, -0.2) is 4.85 Å². The molecule has 4 heteroatoms. The van der Waals surface area contributed by atoms with Gasteiger partial charge in [-0.15, -0.1) is 0 Å². The van der Waals surface area contributed by atoms with Crippen LogP contribution in [0.1, 0.15) is 12.5 Å². The van der Waals surface area contributed by atoms with Crippen LogP contribution in [0.4, 0.5) is 5.69 Å². The van der Waals surface area contributed by atoms with Gasteiger partial charge in [0.15, 0.2) is 5.69 Å². The van der Waals surface area contributed by atoms with Crippen LogP contribution in [-0.4, -0.2) is 0 Å². The maximum absolute atomic E-state index is 6.92. The van der Waals surface area contributed by atoms with Crippen LogP contribution in [0.25, 0.3) is 4.85 Å². The molecule has 0 fully saturated rings. The third-order valence-electron chi connectivity index (χ3n) is 1.71. The van der Waals surface area contributed by atoms with Crippen molar-refractivity contribution in [3.05, 3.63) is 38.1 Å². The number of hydrogen-bond donors (Lipinski definition) is 0. The lowest BCUT2D eigenvalue weighted by molar-refractivity contribution is 1.15. The van der Waals surface area contributed by atoms with Gasteiger partial charge in [-0.1, -0.05) is 41.7 Å². The molecule has 0 unspecified atom stereocenters. The van der Waals surface area contributed by atoms with Crippen LogP contribution in [0.2, 0.25) is 15.1 Å². The monoisotopic (exact) mass is 233 g/mol. The Morgan fingerprint density at radius 3 is 2.38 bits per heavy atom. The minimum absolute atomic E-state index is 0.326. The molecule has 0 N–H and O–H groups in total. The third-order valence-corrected chi connectivity index (χ3v) is 3.02. The molecule has 0 saturated heterocycles. The van der Waals surface area contributed by atoms with E-state index in [1.165, 1.54) is 0 Å². The first-order chi connectivity index (χ1) is 6.11. The molecule has 1 nitrogen and oxygen atoms in total. The standard InChI is InChI=1S/C9H6Cl3N/c1-3-5-7(13-2)4-6(10)9(12)8(5)11/h4H,3H2,1H3. The zero-order valence-corrected chi connectivity index (χ0v) is 9.13. The van der Waals surface area contributed by atoms with E-state index in [0.717, 1.165) is 5.56 Å². The molecule has 0 heterocycles. The predicted octanol–water partition coefficient (Wildman–Crippen LogP) is 4.76. The van der Waals surface area contributed by atoms with E-state index < -0.39 is 0 Å². The van der Waals surface area contributed by atoms with Crippen molar-refractivity contribution in [2.75, 3.05) is 0 Å². The molecule has 68 valence electrons. The summed E-state index contributed by atoms with van der Waals surface area (Å²) >= 11 is 17.5. The predicted molar refractivity (Wildman–Crippen MR) is 57.1 cm³/mol. The van der Waals surface area contributed by atoms with E-state index >= 15 is 0 Å². The second-order valence-corrected chi connectivity index (χ2v) is 3.61. The molecule has 0 spiro atoms. The lowest BCUT2D eigenvalue weighted by Gasteiger charge is -2.07. The van der Waals surface area contributed by atoms with Crippen molar-refractivity contribution in [3.63, 3.8) is 0 Å². The van der Waals surface area contributed by atoms with Crippen LogP contribution < -0.4 is 0 Å². The molecule has 0 saturated carbocycles. The van der Waals surface area contributed by atoms with Crippen LogP contribution in [-0.2, 0) is 6.42 Å². The van der Waals surface area contributed by atoms with E-state index in [1.54, 1.807) is 6.07 Å². The first kappa shape index (κ1) is 10.7. The Bertz CT molecular complexity index is 379. The normalized spacial score (nSPS) is 9.77. The summed E-state index contributed by atoms with van der Waals surface area (Å²) in [5.74, 6) is 0.